The lowest BCUT2D eigenvalue weighted by Gasteiger charge is -2.20. The monoisotopic (exact) mass is 460 g/mol. The van der Waals surface area contributed by atoms with E-state index in [0.717, 1.165) is 4.31 Å². The Morgan fingerprint density at radius 1 is 0.968 bits per heavy atom. The molecule has 0 aliphatic rings. The van der Waals surface area contributed by atoms with Crippen molar-refractivity contribution in [3.05, 3.63) is 77.3 Å². The van der Waals surface area contributed by atoms with E-state index in [-0.39, 0.29) is 10.5 Å². The van der Waals surface area contributed by atoms with Crippen molar-refractivity contribution < 1.29 is 22.7 Å². The fourth-order valence-corrected chi connectivity index (χ4v) is 4.28. The number of ether oxygens (including phenoxy) is 2. The zero-order valence-electron chi connectivity index (χ0n) is 17.1. The molecule has 0 spiro atoms. The molecule has 0 atom stereocenters. The molecule has 0 aliphatic heterocycles. The molecule has 9 heteroatoms. The molecule has 1 amide bonds. The summed E-state index contributed by atoms with van der Waals surface area (Å²) >= 11 is 5.98. The number of carbonyl (C=O) groups is 1. The van der Waals surface area contributed by atoms with Crippen molar-refractivity contribution >= 4 is 38.9 Å². The molecule has 0 fully saturated rings. The van der Waals surface area contributed by atoms with Crippen LogP contribution >= 0.6 is 11.6 Å². The van der Waals surface area contributed by atoms with Crippen molar-refractivity contribution in [1.82, 2.24) is 0 Å². The second kappa shape index (κ2) is 9.28. The van der Waals surface area contributed by atoms with E-state index >= 15 is 0 Å². The third-order valence-corrected chi connectivity index (χ3v) is 6.60. The molecule has 3 aromatic carbocycles. The van der Waals surface area contributed by atoms with Crippen molar-refractivity contribution in [2.24, 2.45) is 0 Å². The molecule has 0 saturated heterocycles. The minimum Gasteiger partial charge on any atom is -0.497 e. The van der Waals surface area contributed by atoms with Gasteiger partial charge in [0.2, 0.25) is 0 Å². The Bertz CT molecular complexity index is 1210. The van der Waals surface area contributed by atoms with Gasteiger partial charge in [-0.1, -0.05) is 23.7 Å². The predicted molar refractivity (Wildman–Crippen MR) is 121 cm³/mol. The van der Waals surface area contributed by atoms with Crippen LogP contribution in [0.25, 0.3) is 0 Å². The van der Waals surface area contributed by atoms with Crippen LogP contribution < -0.4 is 19.1 Å². The maximum Gasteiger partial charge on any atom is 0.264 e. The highest BCUT2D eigenvalue weighted by Crippen LogP contribution is 2.30. The number of sulfonamides is 1. The minimum atomic E-state index is -3.91. The summed E-state index contributed by atoms with van der Waals surface area (Å²) in [6.45, 7) is 0. The zero-order chi connectivity index (χ0) is 22.6. The Hall–Kier alpha value is -3.23. The number of benzene rings is 3. The van der Waals surface area contributed by atoms with Gasteiger partial charge in [0, 0.05) is 23.7 Å². The van der Waals surface area contributed by atoms with Gasteiger partial charge in [-0.2, -0.15) is 0 Å². The average molecular weight is 461 g/mol. The average Bonchev–Trinajstić information content (AvgIpc) is 2.78. The van der Waals surface area contributed by atoms with Crippen molar-refractivity contribution in [2.75, 3.05) is 30.9 Å². The van der Waals surface area contributed by atoms with Gasteiger partial charge in [-0.05, 0) is 48.5 Å². The third kappa shape index (κ3) is 4.92. The van der Waals surface area contributed by atoms with Crippen molar-refractivity contribution in [3.63, 3.8) is 0 Å². The number of carbonyl (C=O) groups excluding carboxylic acids is 1. The zero-order valence-corrected chi connectivity index (χ0v) is 18.7. The minimum absolute atomic E-state index is 0.0238. The first-order valence-corrected chi connectivity index (χ1v) is 11.0. The number of halogens is 1. The van der Waals surface area contributed by atoms with Gasteiger partial charge >= 0.3 is 0 Å². The van der Waals surface area contributed by atoms with Gasteiger partial charge in [0.25, 0.3) is 15.9 Å². The Balaban J connectivity index is 1.88. The molecule has 0 heterocycles. The largest absolute Gasteiger partial charge is 0.497 e. The number of nitrogens with zero attached hydrogens (tertiary/aromatic N) is 1. The number of hydrogen-bond acceptors (Lipinski definition) is 5. The molecule has 31 heavy (non-hydrogen) atoms. The molecule has 3 rings (SSSR count). The summed E-state index contributed by atoms with van der Waals surface area (Å²) in [5.74, 6) is 0.509. The number of methoxy groups -OCH3 is 2. The van der Waals surface area contributed by atoms with E-state index in [1.165, 1.54) is 45.5 Å². The van der Waals surface area contributed by atoms with Gasteiger partial charge in [0.15, 0.2) is 0 Å². The number of anilines is 2. The summed E-state index contributed by atoms with van der Waals surface area (Å²) in [5, 5.41) is 3.15. The fraction of sp³-hybridized carbons (Fsp3) is 0.136. The van der Waals surface area contributed by atoms with Crippen molar-refractivity contribution in [3.8, 4) is 11.5 Å². The van der Waals surface area contributed by atoms with Crippen LogP contribution in [-0.2, 0) is 10.0 Å². The lowest BCUT2D eigenvalue weighted by Crippen LogP contribution is -2.26. The standard InChI is InChI=1S/C22H21ClN2O5S/c1-25(17-8-5-7-16(23)13-17)31(27,28)19-9-4-6-15(12-19)22(26)24-20-11-10-18(29-2)14-21(20)30-3/h4-14H,1-3H3,(H,24,26). The molecule has 162 valence electrons. The number of nitrogens with one attached hydrogen (secondary N) is 1. The number of amides is 1. The summed E-state index contributed by atoms with van der Waals surface area (Å²) in [6.07, 6.45) is 0. The first-order valence-electron chi connectivity index (χ1n) is 9.14. The molecule has 0 saturated carbocycles. The van der Waals surface area contributed by atoms with Crippen molar-refractivity contribution in [1.29, 1.82) is 0 Å². The van der Waals surface area contributed by atoms with E-state index < -0.39 is 15.9 Å². The maximum atomic E-state index is 13.1. The molecular weight excluding hydrogens is 440 g/mol. The summed E-state index contributed by atoms with van der Waals surface area (Å²) in [6, 6.07) is 17.3. The Morgan fingerprint density at radius 3 is 2.39 bits per heavy atom. The summed E-state index contributed by atoms with van der Waals surface area (Å²) in [5.41, 5.74) is 1.02. The van der Waals surface area contributed by atoms with Crippen LogP contribution in [0.4, 0.5) is 11.4 Å². The highest BCUT2D eigenvalue weighted by atomic mass is 35.5. The van der Waals surface area contributed by atoms with E-state index in [0.29, 0.717) is 27.9 Å². The van der Waals surface area contributed by atoms with Gasteiger partial charge in [-0.3, -0.25) is 9.10 Å². The topological polar surface area (TPSA) is 84.9 Å². The third-order valence-electron chi connectivity index (χ3n) is 4.58. The fourth-order valence-electron chi connectivity index (χ4n) is 2.86. The normalized spacial score (nSPS) is 11.0. The molecule has 7 nitrogen and oxygen atoms in total. The van der Waals surface area contributed by atoms with Gasteiger partial charge in [-0.15, -0.1) is 0 Å². The molecule has 3 aromatic rings. The van der Waals surface area contributed by atoms with Crippen LogP contribution in [0.15, 0.2) is 71.6 Å². The van der Waals surface area contributed by atoms with Gasteiger partial charge in [0.05, 0.1) is 30.5 Å². The van der Waals surface area contributed by atoms with E-state index in [4.69, 9.17) is 21.1 Å². The highest BCUT2D eigenvalue weighted by Gasteiger charge is 2.23. The van der Waals surface area contributed by atoms with E-state index in [2.05, 4.69) is 5.32 Å². The quantitative estimate of drug-likeness (QED) is 0.563. The van der Waals surface area contributed by atoms with Crippen LogP contribution in [0.3, 0.4) is 0 Å². The second-order valence-corrected chi connectivity index (χ2v) is 8.91. The Labute approximate surface area is 186 Å². The molecule has 0 radical (unpaired) electrons. The maximum absolute atomic E-state index is 13.1. The molecule has 0 aromatic heterocycles. The summed E-state index contributed by atoms with van der Waals surface area (Å²) < 4.78 is 37.7. The SMILES string of the molecule is COc1ccc(NC(=O)c2cccc(S(=O)(=O)N(C)c3cccc(Cl)c3)c2)c(OC)c1. The second-order valence-electron chi connectivity index (χ2n) is 6.50. The predicted octanol–water partition coefficient (Wildman–Crippen LogP) is 4.43. The van der Waals surface area contributed by atoms with Crippen molar-refractivity contribution in [2.45, 2.75) is 4.90 Å². The molecule has 0 unspecified atom stereocenters. The molecular formula is C22H21ClN2O5S. The first kappa shape index (κ1) is 22.5. The van der Waals surface area contributed by atoms with Crippen LogP contribution in [0.1, 0.15) is 10.4 Å². The lowest BCUT2D eigenvalue weighted by atomic mass is 10.2. The smallest absolute Gasteiger partial charge is 0.264 e. The summed E-state index contributed by atoms with van der Waals surface area (Å²) in [7, 11) is 0.523. The van der Waals surface area contributed by atoms with Gasteiger partial charge in [0.1, 0.15) is 11.5 Å². The van der Waals surface area contributed by atoms with E-state index in [1.54, 1.807) is 42.5 Å². The van der Waals surface area contributed by atoms with Crippen LogP contribution in [0.2, 0.25) is 5.02 Å². The number of hydrogen-bond donors (Lipinski definition) is 1. The molecule has 0 bridgehead atoms. The van der Waals surface area contributed by atoms with Gasteiger partial charge in [-0.25, -0.2) is 8.42 Å². The van der Waals surface area contributed by atoms with Gasteiger partial charge < -0.3 is 14.8 Å². The number of rotatable bonds is 7. The van der Waals surface area contributed by atoms with Crippen LogP contribution in [0, 0.1) is 0 Å². The highest BCUT2D eigenvalue weighted by molar-refractivity contribution is 7.92. The van der Waals surface area contributed by atoms with Crippen LogP contribution in [0.5, 0.6) is 11.5 Å². The first-order chi connectivity index (χ1) is 14.8. The van der Waals surface area contributed by atoms with Crippen LogP contribution in [-0.4, -0.2) is 35.6 Å². The molecule has 1 N–H and O–H groups in total. The van der Waals surface area contributed by atoms with E-state index in [9.17, 15) is 13.2 Å². The molecule has 0 aliphatic carbocycles. The Morgan fingerprint density at radius 2 is 1.71 bits per heavy atom. The lowest BCUT2D eigenvalue weighted by molar-refractivity contribution is 0.102. The summed E-state index contributed by atoms with van der Waals surface area (Å²) in [4.78, 5) is 12.8. The van der Waals surface area contributed by atoms with E-state index in [1.807, 2.05) is 0 Å². The Kier molecular flexibility index (Phi) is 6.72.